The van der Waals surface area contributed by atoms with E-state index in [1.165, 1.54) is 18.9 Å². The molecular weight excluding hydrogens is 331 g/mol. The lowest BCUT2D eigenvalue weighted by Gasteiger charge is -2.27. The number of nitrogens with zero attached hydrogens (tertiary/aromatic N) is 1. The zero-order valence-electron chi connectivity index (χ0n) is 14.7. The molecule has 1 fully saturated rings. The highest BCUT2D eigenvalue weighted by molar-refractivity contribution is 5.93. The van der Waals surface area contributed by atoms with Crippen molar-refractivity contribution < 1.29 is 13.9 Å². The van der Waals surface area contributed by atoms with Crippen LogP contribution in [0.1, 0.15) is 47.8 Å². The van der Waals surface area contributed by atoms with Crippen LogP contribution in [0, 0.1) is 11.7 Å². The SMILES string of the molecule is C=C(C)c1ccc(-c2cc(C(N)=O)nc3c2CC[C@H](C2CC2)O3)c(F)c1. The van der Waals surface area contributed by atoms with Gasteiger partial charge in [0.25, 0.3) is 5.91 Å². The Bertz CT molecular complexity index is 918. The number of amides is 1. The first-order valence-corrected chi connectivity index (χ1v) is 8.90. The van der Waals surface area contributed by atoms with E-state index in [0.717, 1.165) is 29.5 Å². The number of primary amides is 1. The summed E-state index contributed by atoms with van der Waals surface area (Å²) in [5.74, 6) is -0.0242. The molecule has 1 aromatic heterocycles. The van der Waals surface area contributed by atoms with E-state index >= 15 is 0 Å². The van der Waals surface area contributed by atoms with Crippen LogP contribution in [0.3, 0.4) is 0 Å². The Kier molecular flexibility index (Phi) is 4.02. The van der Waals surface area contributed by atoms with Gasteiger partial charge in [0.05, 0.1) is 0 Å². The molecule has 2 aliphatic rings. The smallest absolute Gasteiger partial charge is 0.267 e. The molecule has 5 heteroatoms. The van der Waals surface area contributed by atoms with Crippen LogP contribution < -0.4 is 10.5 Å². The predicted octanol–water partition coefficient (Wildman–Crippen LogP) is 4.12. The van der Waals surface area contributed by atoms with Gasteiger partial charge in [-0.25, -0.2) is 9.37 Å². The van der Waals surface area contributed by atoms with E-state index in [0.29, 0.717) is 22.9 Å². The molecule has 26 heavy (non-hydrogen) atoms. The lowest BCUT2D eigenvalue weighted by atomic mass is 9.92. The maximum atomic E-state index is 14.8. The fourth-order valence-corrected chi connectivity index (χ4v) is 3.54. The predicted molar refractivity (Wildman–Crippen MR) is 98.3 cm³/mol. The maximum Gasteiger partial charge on any atom is 0.267 e. The zero-order chi connectivity index (χ0) is 18.4. The molecule has 1 aromatic carbocycles. The van der Waals surface area contributed by atoms with Crippen LogP contribution in [0.25, 0.3) is 16.7 Å². The number of allylic oxidation sites excluding steroid dienone is 1. The van der Waals surface area contributed by atoms with Gasteiger partial charge in [-0.3, -0.25) is 4.79 Å². The Labute approximate surface area is 151 Å². The van der Waals surface area contributed by atoms with Crippen LogP contribution in [0.4, 0.5) is 4.39 Å². The maximum absolute atomic E-state index is 14.8. The summed E-state index contributed by atoms with van der Waals surface area (Å²) >= 11 is 0. The van der Waals surface area contributed by atoms with Crippen molar-refractivity contribution in [2.45, 2.75) is 38.7 Å². The van der Waals surface area contributed by atoms with Crippen LogP contribution in [0.5, 0.6) is 5.88 Å². The van der Waals surface area contributed by atoms with Crippen molar-refractivity contribution in [3.8, 4) is 17.0 Å². The minimum absolute atomic E-state index is 0.0959. The Hall–Kier alpha value is -2.69. The third kappa shape index (κ3) is 2.98. The largest absolute Gasteiger partial charge is 0.474 e. The number of rotatable bonds is 4. The molecule has 2 heterocycles. The van der Waals surface area contributed by atoms with Crippen molar-refractivity contribution in [3.63, 3.8) is 0 Å². The molecule has 0 saturated heterocycles. The van der Waals surface area contributed by atoms with Gasteiger partial charge in [-0.15, -0.1) is 0 Å². The van der Waals surface area contributed by atoms with Gasteiger partial charge in [0, 0.05) is 11.1 Å². The fraction of sp³-hybridized carbons (Fsp3) is 0.333. The highest BCUT2D eigenvalue weighted by atomic mass is 19.1. The first-order valence-electron chi connectivity index (χ1n) is 8.90. The first-order chi connectivity index (χ1) is 12.4. The number of hydrogen-bond donors (Lipinski definition) is 1. The second-order valence-corrected chi connectivity index (χ2v) is 7.21. The number of nitrogens with two attached hydrogens (primary N) is 1. The van der Waals surface area contributed by atoms with Gasteiger partial charge in [-0.2, -0.15) is 0 Å². The van der Waals surface area contributed by atoms with Crippen LogP contribution in [0.2, 0.25) is 0 Å². The van der Waals surface area contributed by atoms with E-state index < -0.39 is 5.91 Å². The van der Waals surface area contributed by atoms with E-state index in [2.05, 4.69) is 11.6 Å². The topological polar surface area (TPSA) is 65.2 Å². The van der Waals surface area contributed by atoms with E-state index in [4.69, 9.17) is 10.5 Å². The number of carbonyl (C=O) groups is 1. The number of fused-ring (bicyclic) bond motifs is 1. The summed E-state index contributed by atoms with van der Waals surface area (Å²) in [4.78, 5) is 16.0. The minimum atomic E-state index is -0.648. The van der Waals surface area contributed by atoms with Crippen molar-refractivity contribution in [3.05, 3.63) is 53.5 Å². The first kappa shape index (κ1) is 16.8. The molecule has 134 valence electrons. The Morgan fingerprint density at radius 3 is 2.65 bits per heavy atom. The summed E-state index contributed by atoms with van der Waals surface area (Å²) in [6.45, 7) is 5.68. The number of halogens is 1. The standard InChI is InChI=1S/C21H21FN2O2/c1-11(2)13-5-6-14(17(22)9-13)16-10-18(20(23)25)24-21-15(16)7-8-19(26-21)12-3-4-12/h5-6,9-10,12,19H,1,3-4,7-8H2,2H3,(H2,23,25)/t19-/m1/s1. The van der Waals surface area contributed by atoms with Gasteiger partial charge in [-0.05, 0) is 61.8 Å². The van der Waals surface area contributed by atoms with Crippen LogP contribution in [-0.2, 0) is 6.42 Å². The number of aromatic nitrogens is 1. The molecule has 0 unspecified atom stereocenters. The van der Waals surface area contributed by atoms with Crippen LogP contribution in [0.15, 0.2) is 30.8 Å². The van der Waals surface area contributed by atoms with Gasteiger partial charge in [-0.1, -0.05) is 24.3 Å². The molecule has 1 saturated carbocycles. The van der Waals surface area contributed by atoms with E-state index in [9.17, 15) is 9.18 Å². The van der Waals surface area contributed by atoms with Gasteiger partial charge in [0.15, 0.2) is 0 Å². The fourth-order valence-electron chi connectivity index (χ4n) is 3.54. The average molecular weight is 352 g/mol. The number of carbonyl (C=O) groups excluding carboxylic acids is 1. The number of pyridine rings is 1. The third-order valence-corrected chi connectivity index (χ3v) is 5.18. The molecular formula is C21H21FN2O2. The lowest BCUT2D eigenvalue weighted by Crippen LogP contribution is -2.27. The molecule has 1 amide bonds. The number of ether oxygens (including phenoxy) is 1. The molecule has 2 N–H and O–H groups in total. The Morgan fingerprint density at radius 1 is 1.27 bits per heavy atom. The minimum Gasteiger partial charge on any atom is -0.474 e. The molecule has 0 bridgehead atoms. The summed E-state index contributed by atoms with van der Waals surface area (Å²) < 4.78 is 20.9. The number of benzene rings is 1. The van der Waals surface area contributed by atoms with Gasteiger partial charge in [0.1, 0.15) is 17.6 Å². The Morgan fingerprint density at radius 2 is 2.04 bits per heavy atom. The second kappa shape index (κ2) is 6.24. The summed E-state index contributed by atoms with van der Waals surface area (Å²) in [6, 6.07) is 6.58. The van der Waals surface area contributed by atoms with Gasteiger partial charge >= 0.3 is 0 Å². The molecule has 4 rings (SSSR count). The molecule has 1 aliphatic carbocycles. The summed E-state index contributed by atoms with van der Waals surface area (Å²) in [6.07, 6.45) is 4.09. The molecule has 2 aromatic rings. The third-order valence-electron chi connectivity index (χ3n) is 5.18. The van der Waals surface area contributed by atoms with Crippen LogP contribution in [-0.4, -0.2) is 17.0 Å². The van der Waals surface area contributed by atoms with E-state index in [1.54, 1.807) is 12.1 Å². The summed E-state index contributed by atoms with van der Waals surface area (Å²) in [5, 5.41) is 0. The monoisotopic (exact) mass is 352 g/mol. The molecule has 1 aliphatic heterocycles. The van der Waals surface area contributed by atoms with Crippen molar-refractivity contribution in [1.82, 2.24) is 4.98 Å². The molecule has 1 atom stereocenters. The molecule has 0 spiro atoms. The summed E-state index contributed by atoms with van der Waals surface area (Å²) in [5.41, 5.74) is 8.96. The average Bonchev–Trinajstić information content (AvgIpc) is 3.45. The second-order valence-electron chi connectivity index (χ2n) is 7.21. The highest BCUT2D eigenvalue weighted by Gasteiger charge is 2.36. The van der Waals surface area contributed by atoms with Crippen LogP contribution >= 0.6 is 0 Å². The molecule has 0 radical (unpaired) electrons. The van der Waals surface area contributed by atoms with Gasteiger partial charge < -0.3 is 10.5 Å². The van der Waals surface area contributed by atoms with Crippen molar-refractivity contribution in [2.24, 2.45) is 11.7 Å². The normalized spacial score (nSPS) is 18.8. The quantitative estimate of drug-likeness (QED) is 0.900. The van der Waals surface area contributed by atoms with Gasteiger partial charge in [0.2, 0.25) is 5.88 Å². The van der Waals surface area contributed by atoms with E-state index in [1.807, 2.05) is 13.0 Å². The zero-order valence-corrected chi connectivity index (χ0v) is 14.7. The van der Waals surface area contributed by atoms with Crippen molar-refractivity contribution in [1.29, 1.82) is 0 Å². The summed E-state index contributed by atoms with van der Waals surface area (Å²) in [7, 11) is 0. The Balaban J connectivity index is 1.83. The van der Waals surface area contributed by atoms with Crippen molar-refractivity contribution in [2.75, 3.05) is 0 Å². The molecule has 4 nitrogen and oxygen atoms in total. The van der Waals surface area contributed by atoms with E-state index in [-0.39, 0.29) is 17.6 Å². The highest BCUT2D eigenvalue weighted by Crippen LogP contribution is 2.43. The number of hydrogen-bond acceptors (Lipinski definition) is 3. The lowest BCUT2D eigenvalue weighted by molar-refractivity contribution is 0.0990. The van der Waals surface area contributed by atoms with Crippen molar-refractivity contribution >= 4 is 11.5 Å².